The minimum atomic E-state index is -0.195. The maximum atomic E-state index is 13.3. The van der Waals surface area contributed by atoms with E-state index in [2.05, 4.69) is 0 Å². The Kier molecular flexibility index (Phi) is 5.64. The van der Waals surface area contributed by atoms with Crippen LogP contribution in [-0.4, -0.2) is 44.1 Å². The summed E-state index contributed by atoms with van der Waals surface area (Å²) < 4.78 is 10.6. The van der Waals surface area contributed by atoms with Crippen LogP contribution in [0.1, 0.15) is 28.8 Å². The first-order valence-corrected chi connectivity index (χ1v) is 8.92. The predicted molar refractivity (Wildman–Crippen MR) is 103 cm³/mol. The summed E-state index contributed by atoms with van der Waals surface area (Å²) in [5, 5.41) is 0. The van der Waals surface area contributed by atoms with Gasteiger partial charge in [0.1, 0.15) is 6.67 Å². The number of methoxy groups -OCH3 is 2. The third kappa shape index (κ3) is 4.05. The fourth-order valence-corrected chi connectivity index (χ4v) is 3.14. The highest BCUT2D eigenvalue weighted by Crippen LogP contribution is 2.29. The van der Waals surface area contributed by atoms with E-state index < -0.39 is 0 Å². The van der Waals surface area contributed by atoms with Crippen molar-refractivity contribution < 1.29 is 19.1 Å². The summed E-state index contributed by atoms with van der Waals surface area (Å²) in [7, 11) is 3.09. The largest absolute Gasteiger partial charge is 0.493 e. The van der Waals surface area contributed by atoms with Crippen molar-refractivity contribution in [1.82, 2.24) is 4.90 Å². The van der Waals surface area contributed by atoms with E-state index in [0.717, 1.165) is 17.7 Å². The predicted octanol–water partition coefficient (Wildman–Crippen LogP) is 3.24. The topological polar surface area (TPSA) is 59.1 Å². The fourth-order valence-electron chi connectivity index (χ4n) is 3.14. The second kappa shape index (κ2) is 8.12. The van der Waals surface area contributed by atoms with E-state index in [1.54, 1.807) is 35.1 Å². The molecule has 1 heterocycles. The quantitative estimate of drug-likeness (QED) is 0.785. The molecular formula is C21H24N2O4. The highest BCUT2D eigenvalue weighted by atomic mass is 16.5. The van der Waals surface area contributed by atoms with Crippen molar-refractivity contribution >= 4 is 17.5 Å². The first-order chi connectivity index (χ1) is 13.0. The van der Waals surface area contributed by atoms with Crippen LogP contribution in [0.2, 0.25) is 0 Å². The number of amides is 2. The lowest BCUT2D eigenvalue weighted by atomic mass is 10.1. The molecule has 2 amide bonds. The summed E-state index contributed by atoms with van der Waals surface area (Å²) in [5.74, 6) is 0.932. The average molecular weight is 368 g/mol. The molecule has 0 unspecified atom stereocenters. The van der Waals surface area contributed by atoms with Gasteiger partial charge in [0.15, 0.2) is 11.5 Å². The summed E-state index contributed by atoms with van der Waals surface area (Å²) in [6.07, 6.45) is 1.36. The normalized spacial score (nSPS) is 13.6. The first kappa shape index (κ1) is 18.8. The van der Waals surface area contributed by atoms with Gasteiger partial charge in [0.25, 0.3) is 5.91 Å². The van der Waals surface area contributed by atoms with Crippen molar-refractivity contribution in [2.45, 2.75) is 19.8 Å². The van der Waals surface area contributed by atoms with Gasteiger partial charge in [0.05, 0.1) is 14.2 Å². The first-order valence-electron chi connectivity index (χ1n) is 8.92. The minimum Gasteiger partial charge on any atom is -0.493 e. The highest BCUT2D eigenvalue weighted by molar-refractivity contribution is 6.06. The molecule has 27 heavy (non-hydrogen) atoms. The maximum Gasteiger partial charge on any atom is 0.259 e. The molecule has 0 saturated carbocycles. The van der Waals surface area contributed by atoms with Crippen LogP contribution in [0.3, 0.4) is 0 Å². The number of hydrogen-bond acceptors (Lipinski definition) is 4. The van der Waals surface area contributed by atoms with Gasteiger partial charge in [-0.25, -0.2) is 0 Å². The van der Waals surface area contributed by atoms with Crippen molar-refractivity contribution in [3.05, 3.63) is 53.6 Å². The molecule has 1 fully saturated rings. The summed E-state index contributed by atoms with van der Waals surface area (Å²) in [4.78, 5) is 28.7. The Morgan fingerprint density at radius 2 is 1.78 bits per heavy atom. The Morgan fingerprint density at radius 3 is 2.37 bits per heavy atom. The highest BCUT2D eigenvalue weighted by Gasteiger charge is 2.26. The number of benzene rings is 2. The molecule has 1 aliphatic rings. The molecule has 0 bridgehead atoms. The van der Waals surface area contributed by atoms with Gasteiger partial charge in [-0.3, -0.25) is 14.5 Å². The smallest absolute Gasteiger partial charge is 0.259 e. The van der Waals surface area contributed by atoms with E-state index in [1.165, 1.54) is 7.11 Å². The second-order valence-corrected chi connectivity index (χ2v) is 6.54. The molecule has 6 heteroatoms. The van der Waals surface area contributed by atoms with E-state index in [1.807, 2.05) is 31.2 Å². The Balaban J connectivity index is 1.94. The molecule has 1 aliphatic heterocycles. The van der Waals surface area contributed by atoms with Gasteiger partial charge < -0.3 is 14.4 Å². The molecule has 0 N–H and O–H groups in total. The van der Waals surface area contributed by atoms with Crippen molar-refractivity contribution in [2.75, 3.05) is 32.3 Å². The molecule has 2 aromatic rings. The zero-order valence-electron chi connectivity index (χ0n) is 15.9. The van der Waals surface area contributed by atoms with Crippen LogP contribution in [0.5, 0.6) is 11.5 Å². The summed E-state index contributed by atoms with van der Waals surface area (Å²) in [6.45, 7) is 2.89. The van der Waals surface area contributed by atoms with Gasteiger partial charge >= 0.3 is 0 Å². The molecular weight excluding hydrogens is 344 g/mol. The van der Waals surface area contributed by atoms with Crippen LogP contribution in [-0.2, 0) is 4.79 Å². The maximum absolute atomic E-state index is 13.3. The van der Waals surface area contributed by atoms with Gasteiger partial charge in [0.2, 0.25) is 5.91 Å². The summed E-state index contributed by atoms with van der Waals surface area (Å²) in [5.41, 5.74) is 2.33. The monoisotopic (exact) mass is 368 g/mol. The Bertz CT molecular complexity index is 833. The van der Waals surface area contributed by atoms with Gasteiger partial charge in [-0.15, -0.1) is 0 Å². The van der Waals surface area contributed by atoms with Gasteiger partial charge in [-0.05, 0) is 43.7 Å². The second-order valence-electron chi connectivity index (χ2n) is 6.54. The number of hydrogen-bond donors (Lipinski definition) is 0. The molecule has 0 radical (unpaired) electrons. The minimum absolute atomic E-state index is 0.0761. The molecule has 1 saturated heterocycles. The SMILES string of the molecule is COc1ccc(C(=O)N(CN2CCCC2=O)c2ccc(C)cc2)cc1OC. The standard InChI is InChI=1S/C21H24N2O4/c1-15-6-9-17(10-7-15)23(14-22-12-4-5-20(22)24)21(25)16-8-11-18(26-2)19(13-16)27-3/h6-11,13H,4-5,12,14H2,1-3H3. The van der Waals surface area contributed by atoms with Crippen molar-refractivity contribution in [1.29, 1.82) is 0 Å². The number of carbonyl (C=O) groups is 2. The zero-order chi connectivity index (χ0) is 19.4. The van der Waals surface area contributed by atoms with E-state index >= 15 is 0 Å². The number of rotatable bonds is 6. The Hall–Kier alpha value is -3.02. The van der Waals surface area contributed by atoms with Crippen LogP contribution in [0.25, 0.3) is 0 Å². The molecule has 6 nitrogen and oxygen atoms in total. The number of anilines is 1. The number of nitrogens with zero attached hydrogens (tertiary/aromatic N) is 2. The van der Waals surface area contributed by atoms with Gasteiger partial charge in [-0.2, -0.15) is 0 Å². The third-order valence-corrected chi connectivity index (χ3v) is 4.70. The number of likely N-dealkylation sites (tertiary alicyclic amines) is 1. The van der Waals surface area contributed by atoms with Crippen LogP contribution >= 0.6 is 0 Å². The summed E-state index contributed by atoms with van der Waals surface area (Å²) in [6, 6.07) is 12.8. The third-order valence-electron chi connectivity index (χ3n) is 4.70. The fraction of sp³-hybridized carbons (Fsp3) is 0.333. The molecule has 0 aliphatic carbocycles. The van der Waals surface area contributed by atoms with Crippen LogP contribution in [0, 0.1) is 6.92 Å². The Labute approximate surface area is 159 Å². The number of aryl methyl sites for hydroxylation is 1. The van der Waals surface area contributed by atoms with Crippen LogP contribution in [0.15, 0.2) is 42.5 Å². The lowest BCUT2D eigenvalue weighted by Gasteiger charge is -2.28. The van der Waals surface area contributed by atoms with Crippen molar-refractivity contribution in [3.8, 4) is 11.5 Å². The molecule has 0 atom stereocenters. The van der Waals surface area contributed by atoms with Crippen molar-refractivity contribution in [3.63, 3.8) is 0 Å². The van der Waals surface area contributed by atoms with Crippen LogP contribution in [0.4, 0.5) is 5.69 Å². The van der Waals surface area contributed by atoms with Crippen LogP contribution < -0.4 is 14.4 Å². The number of carbonyl (C=O) groups excluding carboxylic acids is 2. The lowest BCUT2D eigenvalue weighted by Crippen LogP contribution is -2.42. The molecule has 0 aromatic heterocycles. The number of ether oxygens (including phenoxy) is 2. The zero-order valence-corrected chi connectivity index (χ0v) is 15.9. The van der Waals surface area contributed by atoms with E-state index in [0.29, 0.717) is 30.0 Å². The molecule has 142 valence electrons. The van der Waals surface area contributed by atoms with Gasteiger partial charge in [-0.1, -0.05) is 17.7 Å². The van der Waals surface area contributed by atoms with Gasteiger partial charge in [0, 0.05) is 24.2 Å². The molecule has 0 spiro atoms. The lowest BCUT2D eigenvalue weighted by molar-refractivity contribution is -0.127. The molecule has 3 rings (SSSR count). The van der Waals surface area contributed by atoms with E-state index in [4.69, 9.17) is 9.47 Å². The Morgan fingerprint density at radius 1 is 1.07 bits per heavy atom. The molecule has 2 aromatic carbocycles. The van der Waals surface area contributed by atoms with E-state index in [9.17, 15) is 9.59 Å². The average Bonchev–Trinajstić information content (AvgIpc) is 3.10. The summed E-state index contributed by atoms with van der Waals surface area (Å²) >= 11 is 0. The van der Waals surface area contributed by atoms with Crippen molar-refractivity contribution in [2.24, 2.45) is 0 Å². The van der Waals surface area contributed by atoms with E-state index in [-0.39, 0.29) is 18.5 Å².